The summed E-state index contributed by atoms with van der Waals surface area (Å²) in [7, 11) is 0. The lowest BCUT2D eigenvalue weighted by Gasteiger charge is -2.35. The number of benzene rings is 1. The molecular weight excluding hydrogens is 450 g/mol. The minimum atomic E-state index is -0.0609. The van der Waals surface area contributed by atoms with Gasteiger partial charge in [0.25, 0.3) is 0 Å². The van der Waals surface area contributed by atoms with Gasteiger partial charge in [0.2, 0.25) is 0 Å². The Bertz CT molecular complexity index is 878. The zero-order chi connectivity index (χ0) is 25.0. The van der Waals surface area contributed by atoms with Crippen molar-refractivity contribution in [2.75, 3.05) is 13.1 Å². The van der Waals surface area contributed by atoms with Crippen molar-refractivity contribution >= 4 is 17.3 Å². The van der Waals surface area contributed by atoms with Crippen LogP contribution in [0.5, 0.6) is 5.75 Å². The molecule has 0 N–H and O–H groups in total. The Kier molecular flexibility index (Phi) is 11.8. The van der Waals surface area contributed by atoms with Crippen molar-refractivity contribution in [3.63, 3.8) is 0 Å². The Labute approximate surface area is 218 Å². The Hall–Kier alpha value is -1.65. The van der Waals surface area contributed by atoms with Crippen molar-refractivity contribution in [3.05, 3.63) is 51.7 Å². The first-order valence-electron chi connectivity index (χ1n) is 14.1. The molecule has 0 bridgehead atoms. The average molecular weight is 498 g/mol. The molecule has 1 aromatic heterocycles. The molecule has 2 aromatic rings. The quantitative estimate of drug-likeness (QED) is 0.184. The highest BCUT2D eigenvalue weighted by molar-refractivity contribution is 7.09. The van der Waals surface area contributed by atoms with Crippen molar-refractivity contribution in [1.29, 1.82) is 0 Å². The van der Waals surface area contributed by atoms with E-state index in [1.165, 1.54) is 54.5 Å². The first-order chi connectivity index (χ1) is 17.0. The van der Waals surface area contributed by atoms with E-state index in [1.54, 1.807) is 0 Å². The summed E-state index contributed by atoms with van der Waals surface area (Å²) in [6, 6.07) is 11.3. The zero-order valence-corrected chi connectivity index (χ0v) is 23.4. The standard InChI is InChI=1S/C31H47NO2S/c1-5-8-12-25(11-6-2)24(4)22-31(33)34-30-15-9-13-26-23-27(16-17-29(26)30)32(19-7-3)20-18-28-14-10-21-35-28/h9-10,13-15,21,24-25,27H,5-8,11-12,16-20,22-23H2,1-4H3. The number of carbonyl (C=O) groups excluding carboxylic acids is 1. The fraction of sp³-hybridized carbons (Fsp3) is 0.645. The highest BCUT2D eigenvalue weighted by Crippen LogP contribution is 2.33. The second kappa shape index (κ2) is 14.8. The molecule has 3 atom stereocenters. The van der Waals surface area contributed by atoms with Gasteiger partial charge in [-0.15, -0.1) is 11.3 Å². The summed E-state index contributed by atoms with van der Waals surface area (Å²) in [5, 5.41) is 2.18. The maximum Gasteiger partial charge on any atom is 0.311 e. The average Bonchev–Trinajstić information content (AvgIpc) is 3.38. The van der Waals surface area contributed by atoms with E-state index in [0.717, 1.165) is 44.5 Å². The highest BCUT2D eigenvalue weighted by Gasteiger charge is 2.27. The largest absolute Gasteiger partial charge is 0.426 e. The van der Waals surface area contributed by atoms with E-state index in [-0.39, 0.29) is 5.97 Å². The van der Waals surface area contributed by atoms with Crippen molar-refractivity contribution in [2.24, 2.45) is 11.8 Å². The molecule has 0 saturated heterocycles. The summed E-state index contributed by atoms with van der Waals surface area (Å²) in [5.74, 6) is 1.74. The van der Waals surface area contributed by atoms with Gasteiger partial charge in [-0.2, -0.15) is 0 Å². The number of esters is 1. The van der Waals surface area contributed by atoms with Gasteiger partial charge in [-0.3, -0.25) is 9.69 Å². The third-order valence-electron chi connectivity index (χ3n) is 7.77. The van der Waals surface area contributed by atoms with Gasteiger partial charge in [-0.05, 0) is 79.1 Å². The second-order valence-electron chi connectivity index (χ2n) is 10.5. The predicted molar refractivity (Wildman–Crippen MR) is 149 cm³/mol. The summed E-state index contributed by atoms with van der Waals surface area (Å²) in [6.07, 6.45) is 12.1. The first kappa shape index (κ1) is 27.9. The van der Waals surface area contributed by atoms with E-state index >= 15 is 0 Å². The third kappa shape index (κ3) is 8.46. The molecule has 4 heteroatoms. The van der Waals surface area contributed by atoms with Gasteiger partial charge in [0, 0.05) is 23.9 Å². The number of rotatable bonds is 15. The Morgan fingerprint density at radius 2 is 1.94 bits per heavy atom. The summed E-state index contributed by atoms with van der Waals surface area (Å²) in [6.45, 7) is 11.3. The van der Waals surface area contributed by atoms with Crippen LogP contribution in [0.4, 0.5) is 0 Å². The molecule has 1 aliphatic rings. The van der Waals surface area contributed by atoms with E-state index in [9.17, 15) is 4.79 Å². The number of hydrogen-bond donors (Lipinski definition) is 0. The Morgan fingerprint density at radius 3 is 2.66 bits per heavy atom. The number of nitrogens with zero attached hydrogens (tertiary/aromatic N) is 1. The van der Waals surface area contributed by atoms with E-state index in [4.69, 9.17) is 4.74 Å². The van der Waals surface area contributed by atoms with E-state index in [1.807, 2.05) is 17.4 Å². The second-order valence-corrected chi connectivity index (χ2v) is 11.5. The maximum absolute atomic E-state index is 12.9. The fourth-order valence-electron chi connectivity index (χ4n) is 5.78. The SMILES string of the molecule is CCCCC(CCC)C(C)CC(=O)Oc1cccc2c1CCC(N(CCC)CCc1cccs1)C2. The van der Waals surface area contributed by atoms with Crippen LogP contribution in [0.2, 0.25) is 0 Å². The van der Waals surface area contributed by atoms with Gasteiger partial charge >= 0.3 is 5.97 Å². The van der Waals surface area contributed by atoms with Crippen molar-refractivity contribution in [2.45, 2.75) is 104 Å². The van der Waals surface area contributed by atoms with Crippen LogP contribution in [-0.2, 0) is 24.1 Å². The van der Waals surface area contributed by atoms with E-state index < -0.39 is 0 Å². The summed E-state index contributed by atoms with van der Waals surface area (Å²) >= 11 is 1.86. The van der Waals surface area contributed by atoms with Gasteiger partial charge in [0.15, 0.2) is 0 Å². The lowest BCUT2D eigenvalue weighted by molar-refractivity contribution is -0.135. The molecule has 1 aliphatic carbocycles. The molecule has 194 valence electrons. The summed E-state index contributed by atoms with van der Waals surface area (Å²) in [4.78, 5) is 17.1. The predicted octanol–water partition coefficient (Wildman–Crippen LogP) is 8.10. The molecule has 0 radical (unpaired) electrons. The number of unbranched alkanes of at least 4 members (excludes halogenated alkanes) is 1. The van der Waals surface area contributed by atoms with Gasteiger partial charge in [-0.1, -0.05) is 78.0 Å². The molecule has 0 saturated carbocycles. The van der Waals surface area contributed by atoms with Crippen LogP contribution in [0.3, 0.4) is 0 Å². The van der Waals surface area contributed by atoms with E-state index in [2.05, 4.69) is 62.2 Å². The molecule has 0 fully saturated rings. The first-order valence-corrected chi connectivity index (χ1v) is 15.0. The number of hydrogen-bond acceptors (Lipinski definition) is 4. The number of carbonyl (C=O) groups is 1. The number of ether oxygens (including phenoxy) is 1. The van der Waals surface area contributed by atoms with Gasteiger partial charge in [0.1, 0.15) is 5.75 Å². The lowest BCUT2D eigenvalue weighted by atomic mass is 9.84. The molecule has 0 spiro atoms. The van der Waals surface area contributed by atoms with Crippen LogP contribution in [0, 0.1) is 11.8 Å². The molecule has 3 unspecified atom stereocenters. The number of fused-ring (bicyclic) bond motifs is 1. The van der Waals surface area contributed by atoms with Crippen molar-refractivity contribution in [3.8, 4) is 5.75 Å². The molecule has 1 aromatic carbocycles. The van der Waals surface area contributed by atoms with Gasteiger partial charge < -0.3 is 4.74 Å². The van der Waals surface area contributed by atoms with Crippen molar-refractivity contribution in [1.82, 2.24) is 4.90 Å². The molecule has 3 nitrogen and oxygen atoms in total. The zero-order valence-electron chi connectivity index (χ0n) is 22.6. The Morgan fingerprint density at radius 1 is 1.09 bits per heavy atom. The molecule has 0 amide bonds. The van der Waals surface area contributed by atoms with Crippen LogP contribution in [0.1, 0.15) is 95.1 Å². The van der Waals surface area contributed by atoms with Crippen molar-refractivity contribution < 1.29 is 9.53 Å². The van der Waals surface area contributed by atoms with Crippen LogP contribution < -0.4 is 4.74 Å². The van der Waals surface area contributed by atoms with E-state index in [0.29, 0.717) is 24.3 Å². The summed E-state index contributed by atoms with van der Waals surface area (Å²) in [5.41, 5.74) is 2.62. The topological polar surface area (TPSA) is 29.5 Å². The normalized spacial score (nSPS) is 17.2. The maximum atomic E-state index is 12.9. The minimum absolute atomic E-state index is 0.0609. The monoisotopic (exact) mass is 497 g/mol. The lowest BCUT2D eigenvalue weighted by Crippen LogP contribution is -2.41. The van der Waals surface area contributed by atoms with Gasteiger partial charge in [-0.25, -0.2) is 0 Å². The van der Waals surface area contributed by atoms with Crippen LogP contribution in [0.15, 0.2) is 35.7 Å². The smallest absolute Gasteiger partial charge is 0.311 e. The molecule has 1 heterocycles. The summed E-state index contributed by atoms with van der Waals surface area (Å²) < 4.78 is 6.00. The van der Waals surface area contributed by atoms with Crippen LogP contribution >= 0.6 is 11.3 Å². The molecule has 0 aliphatic heterocycles. The minimum Gasteiger partial charge on any atom is -0.426 e. The fourth-order valence-corrected chi connectivity index (χ4v) is 6.48. The molecule has 3 rings (SSSR count). The number of thiophene rings is 1. The van der Waals surface area contributed by atoms with Crippen LogP contribution in [0.25, 0.3) is 0 Å². The third-order valence-corrected chi connectivity index (χ3v) is 8.71. The molecular formula is C31H47NO2S. The molecule has 35 heavy (non-hydrogen) atoms. The highest BCUT2D eigenvalue weighted by atomic mass is 32.1. The Balaban J connectivity index is 1.60. The van der Waals surface area contributed by atoms with Gasteiger partial charge in [0.05, 0.1) is 0 Å². The van der Waals surface area contributed by atoms with Crippen LogP contribution in [-0.4, -0.2) is 30.0 Å².